The number of nitrogens with zero attached hydrogens (tertiary/aromatic N) is 2. The van der Waals surface area contributed by atoms with Crippen LogP contribution in [0.15, 0.2) is 6.07 Å². The molecule has 1 saturated carbocycles. The number of hydrogen-bond acceptors (Lipinski definition) is 3. The van der Waals surface area contributed by atoms with Crippen LogP contribution in [-0.2, 0) is 6.42 Å². The van der Waals surface area contributed by atoms with E-state index in [9.17, 15) is 0 Å². The highest BCUT2D eigenvalue weighted by Crippen LogP contribution is 2.18. The van der Waals surface area contributed by atoms with E-state index >= 15 is 0 Å². The van der Waals surface area contributed by atoms with Crippen molar-refractivity contribution in [3.8, 4) is 0 Å². The summed E-state index contributed by atoms with van der Waals surface area (Å²) in [4.78, 5) is 8.80. The van der Waals surface area contributed by atoms with Crippen LogP contribution in [0, 0.1) is 13.8 Å². The molecule has 0 bridgehead atoms. The van der Waals surface area contributed by atoms with E-state index in [1.165, 1.54) is 12.8 Å². The van der Waals surface area contributed by atoms with Crippen molar-refractivity contribution in [1.29, 1.82) is 0 Å². The molecule has 0 radical (unpaired) electrons. The zero-order valence-electron chi connectivity index (χ0n) is 8.88. The fraction of sp³-hybridized carbons (Fsp3) is 0.636. The van der Waals surface area contributed by atoms with Crippen LogP contribution in [0.25, 0.3) is 0 Å². The molecule has 1 heterocycles. The maximum Gasteiger partial charge on any atom is 0.130 e. The molecular formula is C11H17N3. The van der Waals surface area contributed by atoms with Crippen molar-refractivity contribution in [3.63, 3.8) is 0 Å². The van der Waals surface area contributed by atoms with Crippen molar-refractivity contribution < 1.29 is 0 Å². The van der Waals surface area contributed by atoms with Crippen LogP contribution >= 0.6 is 0 Å². The largest absolute Gasteiger partial charge is 0.314 e. The second-order valence-corrected chi connectivity index (χ2v) is 4.05. The van der Waals surface area contributed by atoms with Gasteiger partial charge in [-0.05, 0) is 32.8 Å². The first-order chi connectivity index (χ1) is 6.74. The number of aromatic nitrogens is 2. The molecule has 0 saturated heterocycles. The monoisotopic (exact) mass is 191 g/mol. The van der Waals surface area contributed by atoms with E-state index in [1.807, 2.05) is 19.9 Å². The highest BCUT2D eigenvalue weighted by Gasteiger charge is 2.19. The van der Waals surface area contributed by atoms with Gasteiger partial charge in [-0.2, -0.15) is 0 Å². The van der Waals surface area contributed by atoms with Crippen LogP contribution in [0.2, 0.25) is 0 Å². The topological polar surface area (TPSA) is 37.8 Å². The van der Waals surface area contributed by atoms with Crippen molar-refractivity contribution in [3.05, 3.63) is 23.3 Å². The molecule has 1 aromatic heterocycles. The molecule has 1 fully saturated rings. The third-order valence-corrected chi connectivity index (χ3v) is 2.39. The molecular weight excluding hydrogens is 174 g/mol. The molecule has 14 heavy (non-hydrogen) atoms. The average molecular weight is 191 g/mol. The van der Waals surface area contributed by atoms with Gasteiger partial charge in [-0.1, -0.05) is 0 Å². The molecule has 3 nitrogen and oxygen atoms in total. The lowest BCUT2D eigenvalue weighted by Gasteiger charge is -2.03. The Morgan fingerprint density at radius 3 is 2.50 bits per heavy atom. The molecule has 76 valence electrons. The van der Waals surface area contributed by atoms with Crippen LogP contribution in [0.3, 0.4) is 0 Å². The van der Waals surface area contributed by atoms with Crippen LogP contribution in [0.5, 0.6) is 0 Å². The van der Waals surface area contributed by atoms with Gasteiger partial charge in [0.1, 0.15) is 5.82 Å². The van der Waals surface area contributed by atoms with Gasteiger partial charge in [-0.3, -0.25) is 0 Å². The second kappa shape index (κ2) is 4.05. The molecule has 0 atom stereocenters. The Morgan fingerprint density at radius 2 is 1.93 bits per heavy atom. The molecule has 2 rings (SSSR count). The van der Waals surface area contributed by atoms with E-state index in [4.69, 9.17) is 0 Å². The summed E-state index contributed by atoms with van der Waals surface area (Å²) in [5.41, 5.74) is 2.14. The Hall–Kier alpha value is -0.960. The highest BCUT2D eigenvalue weighted by atomic mass is 15.0. The Bertz CT molecular complexity index is 298. The zero-order chi connectivity index (χ0) is 9.97. The van der Waals surface area contributed by atoms with Gasteiger partial charge >= 0.3 is 0 Å². The Balaban J connectivity index is 1.87. The molecule has 1 N–H and O–H groups in total. The van der Waals surface area contributed by atoms with E-state index in [2.05, 4.69) is 15.3 Å². The molecule has 1 aromatic rings. The zero-order valence-corrected chi connectivity index (χ0v) is 8.88. The predicted molar refractivity (Wildman–Crippen MR) is 56.2 cm³/mol. The molecule has 0 amide bonds. The summed E-state index contributed by atoms with van der Waals surface area (Å²) in [5, 5.41) is 3.46. The quantitative estimate of drug-likeness (QED) is 0.781. The first kappa shape index (κ1) is 9.59. The van der Waals surface area contributed by atoms with Gasteiger partial charge in [0.05, 0.1) is 0 Å². The lowest BCUT2D eigenvalue weighted by molar-refractivity contribution is 0.663. The summed E-state index contributed by atoms with van der Waals surface area (Å²) < 4.78 is 0. The van der Waals surface area contributed by atoms with Gasteiger partial charge in [0.2, 0.25) is 0 Å². The van der Waals surface area contributed by atoms with Crippen molar-refractivity contribution in [2.24, 2.45) is 0 Å². The van der Waals surface area contributed by atoms with E-state index < -0.39 is 0 Å². The summed E-state index contributed by atoms with van der Waals surface area (Å²) in [7, 11) is 0. The van der Waals surface area contributed by atoms with Crippen molar-refractivity contribution >= 4 is 0 Å². The standard InChI is InChI=1S/C11H17N3/c1-8-7-9(2)14-11(13-8)5-6-12-10-3-4-10/h7,10,12H,3-6H2,1-2H3. The molecule has 1 aliphatic carbocycles. The van der Waals surface area contributed by atoms with Crippen LogP contribution in [0.1, 0.15) is 30.1 Å². The molecule has 0 aliphatic heterocycles. The maximum absolute atomic E-state index is 4.40. The normalized spacial score (nSPS) is 15.9. The van der Waals surface area contributed by atoms with Crippen molar-refractivity contribution in [2.75, 3.05) is 6.54 Å². The van der Waals surface area contributed by atoms with Gasteiger partial charge in [0.15, 0.2) is 0 Å². The van der Waals surface area contributed by atoms with E-state index in [1.54, 1.807) is 0 Å². The number of rotatable bonds is 4. The molecule has 0 aromatic carbocycles. The lowest BCUT2D eigenvalue weighted by Crippen LogP contribution is -2.20. The summed E-state index contributed by atoms with van der Waals surface area (Å²) in [5.74, 6) is 0.968. The SMILES string of the molecule is Cc1cc(C)nc(CCNC2CC2)n1. The molecule has 3 heteroatoms. The number of aryl methyl sites for hydroxylation is 2. The van der Waals surface area contributed by atoms with E-state index in [0.717, 1.165) is 36.2 Å². The van der Waals surface area contributed by atoms with Gasteiger partial charge < -0.3 is 5.32 Å². The first-order valence-electron chi connectivity index (χ1n) is 5.28. The predicted octanol–water partition coefficient (Wildman–Crippen LogP) is 1.39. The minimum atomic E-state index is 0.779. The summed E-state index contributed by atoms with van der Waals surface area (Å²) in [6.07, 6.45) is 3.63. The Morgan fingerprint density at radius 1 is 1.29 bits per heavy atom. The molecule has 1 aliphatic rings. The third kappa shape index (κ3) is 2.77. The second-order valence-electron chi connectivity index (χ2n) is 4.05. The lowest BCUT2D eigenvalue weighted by atomic mass is 10.3. The minimum Gasteiger partial charge on any atom is -0.314 e. The van der Waals surface area contributed by atoms with Crippen LogP contribution in [0.4, 0.5) is 0 Å². The van der Waals surface area contributed by atoms with E-state index in [-0.39, 0.29) is 0 Å². The third-order valence-electron chi connectivity index (χ3n) is 2.39. The molecule has 0 spiro atoms. The Kier molecular flexibility index (Phi) is 2.77. The highest BCUT2D eigenvalue weighted by molar-refractivity contribution is 5.08. The minimum absolute atomic E-state index is 0.779. The fourth-order valence-corrected chi connectivity index (χ4v) is 1.59. The first-order valence-corrected chi connectivity index (χ1v) is 5.28. The average Bonchev–Trinajstić information content (AvgIpc) is 2.86. The van der Waals surface area contributed by atoms with Crippen LogP contribution < -0.4 is 5.32 Å². The van der Waals surface area contributed by atoms with Crippen LogP contribution in [-0.4, -0.2) is 22.6 Å². The summed E-state index contributed by atoms with van der Waals surface area (Å²) in [6, 6.07) is 2.79. The fourth-order valence-electron chi connectivity index (χ4n) is 1.59. The number of hydrogen-bond donors (Lipinski definition) is 1. The van der Waals surface area contributed by atoms with Gasteiger partial charge in [0, 0.05) is 30.4 Å². The smallest absolute Gasteiger partial charge is 0.130 e. The van der Waals surface area contributed by atoms with Crippen molar-refractivity contribution in [1.82, 2.24) is 15.3 Å². The van der Waals surface area contributed by atoms with Gasteiger partial charge in [-0.15, -0.1) is 0 Å². The van der Waals surface area contributed by atoms with Crippen molar-refractivity contribution in [2.45, 2.75) is 39.2 Å². The summed E-state index contributed by atoms with van der Waals surface area (Å²) >= 11 is 0. The van der Waals surface area contributed by atoms with Gasteiger partial charge in [0.25, 0.3) is 0 Å². The Labute approximate surface area is 85.0 Å². The molecule has 0 unspecified atom stereocenters. The van der Waals surface area contributed by atoms with E-state index in [0.29, 0.717) is 0 Å². The van der Waals surface area contributed by atoms with Gasteiger partial charge in [-0.25, -0.2) is 9.97 Å². The maximum atomic E-state index is 4.40. The summed E-state index contributed by atoms with van der Waals surface area (Å²) in [6.45, 7) is 5.05. The number of nitrogens with one attached hydrogen (secondary N) is 1.